The maximum absolute atomic E-state index is 12.3. The number of ether oxygens (including phenoxy) is 2. The van der Waals surface area contributed by atoms with Crippen molar-refractivity contribution in [2.24, 2.45) is 0 Å². The van der Waals surface area contributed by atoms with E-state index in [1.807, 2.05) is 12.3 Å². The molecule has 6 nitrogen and oxygen atoms in total. The second kappa shape index (κ2) is 8.25. The molecule has 0 amide bonds. The Morgan fingerprint density at radius 3 is 2.65 bits per heavy atom. The van der Waals surface area contributed by atoms with Crippen LogP contribution < -0.4 is 4.74 Å². The van der Waals surface area contributed by atoms with Crippen molar-refractivity contribution in [3.63, 3.8) is 0 Å². The summed E-state index contributed by atoms with van der Waals surface area (Å²) in [4.78, 5) is 13.3. The molecule has 0 spiro atoms. The van der Waals surface area contributed by atoms with Crippen LogP contribution in [0.25, 0.3) is 11.5 Å². The first kappa shape index (κ1) is 18.3. The van der Waals surface area contributed by atoms with Gasteiger partial charge in [0.2, 0.25) is 5.89 Å². The van der Waals surface area contributed by atoms with E-state index in [0.717, 1.165) is 10.5 Å². The first-order chi connectivity index (χ1) is 12.6. The topological polar surface area (TPSA) is 74.5 Å². The van der Waals surface area contributed by atoms with Crippen LogP contribution in [0.2, 0.25) is 5.02 Å². The number of thioether (sulfide) groups is 1. The molecule has 1 heterocycles. The molecule has 0 unspecified atom stereocenters. The smallest absolute Gasteiger partial charge is 0.342 e. The zero-order valence-electron chi connectivity index (χ0n) is 14.1. The minimum atomic E-state index is -0.527. The van der Waals surface area contributed by atoms with Crippen molar-refractivity contribution in [3.05, 3.63) is 58.9 Å². The quantitative estimate of drug-likeness (QED) is 0.453. The van der Waals surface area contributed by atoms with Crippen LogP contribution in [0, 0.1) is 0 Å². The SMILES string of the molecule is COc1cc(SC)ccc1C(=O)OCc1nnc(-c2ccc(Cl)cc2)o1. The van der Waals surface area contributed by atoms with Crippen LogP contribution in [0.5, 0.6) is 5.75 Å². The summed E-state index contributed by atoms with van der Waals surface area (Å²) in [5.74, 6) is 0.451. The number of nitrogens with zero attached hydrogens (tertiary/aromatic N) is 2. The van der Waals surface area contributed by atoms with Crippen molar-refractivity contribution in [2.45, 2.75) is 11.5 Å². The second-order valence-electron chi connectivity index (χ2n) is 5.15. The Kier molecular flexibility index (Phi) is 5.80. The van der Waals surface area contributed by atoms with Gasteiger partial charge in [0.1, 0.15) is 11.3 Å². The van der Waals surface area contributed by atoms with Crippen molar-refractivity contribution in [2.75, 3.05) is 13.4 Å². The average molecular weight is 391 g/mol. The van der Waals surface area contributed by atoms with Gasteiger partial charge in [0, 0.05) is 15.5 Å². The third kappa shape index (κ3) is 4.17. The highest BCUT2D eigenvalue weighted by Crippen LogP contribution is 2.26. The second-order valence-corrected chi connectivity index (χ2v) is 6.47. The van der Waals surface area contributed by atoms with Crippen molar-refractivity contribution in [1.82, 2.24) is 10.2 Å². The number of carbonyl (C=O) groups excluding carboxylic acids is 1. The Morgan fingerprint density at radius 2 is 1.96 bits per heavy atom. The van der Waals surface area contributed by atoms with E-state index in [0.29, 0.717) is 22.2 Å². The Balaban J connectivity index is 1.68. The Labute approximate surface area is 159 Å². The van der Waals surface area contributed by atoms with E-state index in [1.165, 1.54) is 7.11 Å². The molecule has 0 saturated heterocycles. The van der Waals surface area contributed by atoms with E-state index in [-0.39, 0.29) is 12.5 Å². The van der Waals surface area contributed by atoms with Gasteiger partial charge in [-0.25, -0.2) is 4.79 Å². The fourth-order valence-corrected chi connectivity index (χ4v) is 2.75. The summed E-state index contributed by atoms with van der Waals surface area (Å²) in [6.45, 7) is -0.132. The first-order valence-electron chi connectivity index (χ1n) is 7.58. The van der Waals surface area contributed by atoms with Gasteiger partial charge in [0.25, 0.3) is 5.89 Å². The number of methoxy groups -OCH3 is 1. The molecule has 0 N–H and O–H groups in total. The highest BCUT2D eigenvalue weighted by molar-refractivity contribution is 7.98. The third-order valence-electron chi connectivity index (χ3n) is 3.51. The molecule has 0 fully saturated rings. The summed E-state index contributed by atoms with van der Waals surface area (Å²) in [6.07, 6.45) is 1.95. The fraction of sp³-hybridized carbons (Fsp3) is 0.167. The number of halogens is 1. The zero-order chi connectivity index (χ0) is 18.5. The molecule has 0 aliphatic carbocycles. The highest BCUT2D eigenvalue weighted by atomic mass is 35.5. The van der Waals surface area contributed by atoms with Crippen LogP contribution in [-0.2, 0) is 11.3 Å². The largest absolute Gasteiger partial charge is 0.496 e. The van der Waals surface area contributed by atoms with Crippen LogP contribution in [0.4, 0.5) is 0 Å². The van der Waals surface area contributed by atoms with Crippen molar-refractivity contribution < 1.29 is 18.7 Å². The van der Waals surface area contributed by atoms with Crippen LogP contribution in [-0.4, -0.2) is 29.5 Å². The molecule has 8 heteroatoms. The Morgan fingerprint density at radius 1 is 1.19 bits per heavy atom. The molecule has 0 radical (unpaired) electrons. The summed E-state index contributed by atoms with van der Waals surface area (Å²) in [5, 5.41) is 8.45. The third-order valence-corrected chi connectivity index (χ3v) is 4.49. The maximum atomic E-state index is 12.3. The van der Waals surface area contributed by atoms with Gasteiger partial charge in [-0.15, -0.1) is 22.0 Å². The maximum Gasteiger partial charge on any atom is 0.342 e. The predicted molar refractivity (Wildman–Crippen MR) is 98.6 cm³/mol. The lowest BCUT2D eigenvalue weighted by molar-refractivity contribution is 0.0435. The summed E-state index contributed by atoms with van der Waals surface area (Å²) in [7, 11) is 1.51. The van der Waals surface area contributed by atoms with Crippen LogP contribution in [0.3, 0.4) is 0 Å². The molecule has 3 rings (SSSR count). The standard InChI is InChI=1S/C18H15ClN2O4S/c1-23-15-9-13(26-2)7-8-14(15)18(22)24-10-16-20-21-17(25-16)11-3-5-12(19)6-4-11/h3-9H,10H2,1-2H3. The lowest BCUT2D eigenvalue weighted by Gasteiger charge is -2.09. The van der Waals surface area contributed by atoms with E-state index in [4.69, 9.17) is 25.5 Å². The number of esters is 1. The highest BCUT2D eigenvalue weighted by Gasteiger charge is 2.16. The number of carbonyl (C=O) groups is 1. The van der Waals surface area contributed by atoms with Gasteiger partial charge in [-0.05, 0) is 48.7 Å². The molecule has 26 heavy (non-hydrogen) atoms. The van der Waals surface area contributed by atoms with Gasteiger partial charge in [0.15, 0.2) is 6.61 Å². The molecule has 2 aromatic carbocycles. The first-order valence-corrected chi connectivity index (χ1v) is 9.18. The average Bonchev–Trinajstić information content (AvgIpc) is 3.15. The number of hydrogen-bond acceptors (Lipinski definition) is 7. The predicted octanol–water partition coefficient (Wildman–Crippen LogP) is 4.48. The van der Waals surface area contributed by atoms with Gasteiger partial charge >= 0.3 is 5.97 Å². The van der Waals surface area contributed by atoms with Gasteiger partial charge in [0.05, 0.1) is 7.11 Å². The summed E-state index contributed by atoms with van der Waals surface area (Å²) < 4.78 is 16.0. The van der Waals surface area contributed by atoms with Crippen LogP contribution in [0.15, 0.2) is 51.8 Å². The van der Waals surface area contributed by atoms with Crippen LogP contribution in [0.1, 0.15) is 16.2 Å². The fourth-order valence-electron chi connectivity index (χ4n) is 2.19. The minimum Gasteiger partial charge on any atom is -0.496 e. The van der Waals surface area contributed by atoms with E-state index < -0.39 is 5.97 Å². The van der Waals surface area contributed by atoms with Gasteiger partial charge in [-0.2, -0.15) is 0 Å². The van der Waals surface area contributed by atoms with Gasteiger partial charge < -0.3 is 13.9 Å². The summed E-state index contributed by atoms with van der Waals surface area (Å²) in [6, 6.07) is 12.3. The summed E-state index contributed by atoms with van der Waals surface area (Å²) >= 11 is 7.41. The van der Waals surface area contributed by atoms with Gasteiger partial charge in [-0.3, -0.25) is 0 Å². The van der Waals surface area contributed by atoms with E-state index >= 15 is 0 Å². The number of aromatic nitrogens is 2. The molecule has 0 bridgehead atoms. The molecule has 0 atom stereocenters. The number of hydrogen-bond donors (Lipinski definition) is 0. The molecular weight excluding hydrogens is 376 g/mol. The molecule has 134 valence electrons. The zero-order valence-corrected chi connectivity index (χ0v) is 15.6. The van der Waals surface area contributed by atoms with E-state index in [1.54, 1.807) is 48.2 Å². The monoisotopic (exact) mass is 390 g/mol. The lowest BCUT2D eigenvalue weighted by atomic mass is 10.2. The van der Waals surface area contributed by atoms with Gasteiger partial charge in [-0.1, -0.05) is 11.6 Å². The Hall–Kier alpha value is -2.51. The number of benzene rings is 2. The minimum absolute atomic E-state index is 0.132. The summed E-state index contributed by atoms with van der Waals surface area (Å²) in [5.41, 5.74) is 1.07. The van der Waals surface area contributed by atoms with Crippen LogP contribution >= 0.6 is 23.4 Å². The van der Waals surface area contributed by atoms with E-state index in [9.17, 15) is 4.79 Å². The molecule has 3 aromatic rings. The molecular formula is C18H15ClN2O4S. The molecule has 0 saturated carbocycles. The molecule has 0 aliphatic heterocycles. The van der Waals surface area contributed by atoms with Crippen molar-refractivity contribution >= 4 is 29.3 Å². The molecule has 1 aromatic heterocycles. The molecule has 0 aliphatic rings. The van der Waals surface area contributed by atoms with E-state index in [2.05, 4.69) is 10.2 Å². The number of rotatable bonds is 6. The lowest BCUT2D eigenvalue weighted by Crippen LogP contribution is -2.07. The Bertz CT molecular complexity index is 912. The normalized spacial score (nSPS) is 10.6. The van der Waals surface area contributed by atoms with Crippen molar-refractivity contribution in [3.8, 4) is 17.2 Å². The van der Waals surface area contributed by atoms with Crippen molar-refractivity contribution in [1.29, 1.82) is 0 Å².